The highest BCUT2D eigenvalue weighted by Gasteiger charge is 2.16. The fourth-order valence-corrected chi connectivity index (χ4v) is 1.85. The normalized spacial score (nSPS) is 14.7. The number of hydrogen-bond donors (Lipinski definition) is 1. The van der Waals surface area contributed by atoms with Crippen molar-refractivity contribution in [2.24, 2.45) is 11.7 Å². The van der Waals surface area contributed by atoms with Gasteiger partial charge in [0.05, 0.1) is 7.11 Å². The van der Waals surface area contributed by atoms with E-state index >= 15 is 0 Å². The highest BCUT2D eigenvalue weighted by Crippen LogP contribution is 2.28. The molecular formula is C13H21NO. The predicted molar refractivity (Wildman–Crippen MR) is 64.2 cm³/mol. The highest BCUT2D eigenvalue weighted by molar-refractivity contribution is 5.31. The van der Waals surface area contributed by atoms with Gasteiger partial charge in [0.1, 0.15) is 5.75 Å². The molecule has 0 aliphatic carbocycles. The number of hydrogen-bond acceptors (Lipinski definition) is 2. The van der Waals surface area contributed by atoms with E-state index in [-0.39, 0.29) is 0 Å². The summed E-state index contributed by atoms with van der Waals surface area (Å²) in [7, 11) is 1.69. The minimum atomic E-state index is 0.435. The lowest BCUT2D eigenvalue weighted by atomic mass is 9.85. The molecule has 0 aromatic heterocycles. The van der Waals surface area contributed by atoms with Gasteiger partial charge >= 0.3 is 0 Å². The van der Waals surface area contributed by atoms with Crippen molar-refractivity contribution in [1.29, 1.82) is 0 Å². The average molecular weight is 207 g/mol. The van der Waals surface area contributed by atoms with Gasteiger partial charge in [0, 0.05) is 0 Å². The summed E-state index contributed by atoms with van der Waals surface area (Å²) in [5, 5.41) is 0. The summed E-state index contributed by atoms with van der Waals surface area (Å²) in [5.41, 5.74) is 7.12. The number of ether oxygens (including phenoxy) is 1. The maximum absolute atomic E-state index is 5.83. The third-order valence-corrected chi connectivity index (χ3v) is 3.11. The smallest absolute Gasteiger partial charge is 0.119 e. The largest absolute Gasteiger partial charge is 0.497 e. The monoisotopic (exact) mass is 207 g/mol. The minimum absolute atomic E-state index is 0.435. The molecule has 0 saturated heterocycles. The lowest BCUT2D eigenvalue weighted by Crippen LogP contribution is -2.19. The van der Waals surface area contributed by atoms with E-state index in [1.807, 2.05) is 12.1 Å². The van der Waals surface area contributed by atoms with Crippen molar-refractivity contribution >= 4 is 0 Å². The molecule has 0 saturated carbocycles. The number of nitrogens with two attached hydrogens (primary N) is 1. The first-order valence-corrected chi connectivity index (χ1v) is 5.56. The maximum Gasteiger partial charge on any atom is 0.119 e. The van der Waals surface area contributed by atoms with Gasteiger partial charge in [-0.2, -0.15) is 0 Å². The van der Waals surface area contributed by atoms with Gasteiger partial charge in [-0.1, -0.05) is 32.4 Å². The molecule has 84 valence electrons. The van der Waals surface area contributed by atoms with Gasteiger partial charge in [0.15, 0.2) is 0 Å². The summed E-state index contributed by atoms with van der Waals surface area (Å²) >= 11 is 0. The molecule has 0 radical (unpaired) electrons. The molecule has 0 aliphatic rings. The van der Waals surface area contributed by atoms with Crippen molar-refractivity contribution in [3.05, 3.63) is 29.8 Å². The second-order valence-corrected chi connectivity index (χ2v) is 4.00. The summed E-state index contributed by atoms with van der Waals surface area (Å²) < 4.78 is 5.22. The SMILES string of the molecule is CCC(C)C(CN)c1cccc(OC)c1. The van der Waals surface area contributed by atoms with Crippen LogP contribution in [0.4, 0.5) is 0 Å². The molecule has 2 unspecified atom stereocenters. The second kappa shape index (κ2) is 5.76. The van der Waals surface area contributed by atoms with Crippen LogP contribution < -0.4 is 10.5 Å². The van der Waals surface area contributed by atoms with Crippen molar-refractivity contribution in [2.45, 2.75) is 26.2 Å². The Labute approximate surface area is 92.4 Å². The minimum Gasteiger partial charge on any atom is -0.497 e. The van der Waals surface area contributed by atoms with E-state index < -0.39 is 0 Å². The van der Waals surface area contributed by atoms with Crippen LogP contribution in [0.25, 0.3) is 0 Å². The van der Waals surface area contributed by atoms with Crippen LogP contribution in [0.15, 0.2) is 24.3 Å². The second-order valence-electron chi connectivity index (χ2n) is 4.00. The molecule has 0 aliphatic heterocycles. The van der Waals surface area contributed by atoms with Crippen molar-refractivity contribution in [2.75, 3.05) is 13.7 Å². The van der Waals surface area contributed by atoms with Gasteiger partial charge in [0.2, 0.25) is 0 Å². The predicted octanol–water partition coefficient (Wildman–Crippen LogP) is 2.78. The zero-order valence-corrected chi connectivity index (χ0v) is 9.86. The molecule has 15 heavy (non-hydrogen) atoms. The van der Waals surface area contributed by atoms with E-state index in [0.29, 0.717) is 18.4 Å². The maximum atomic E-state index is 5.83. The van der Waals surface area contributed by atoms with E-state index in [9.17, 15) is 0 Å². The van der Waals surface area contributed by atoms with E-state index in [1.165, 1.54) is 5.56 Å². The molecule has 1 rings (SSSR count). The topological polar surface area (TPSA) is 35.2 Å². The van der Waals surface area contributed by atoms with Crippen LogP contribution in [0.2, 0.25) is 0 Å². The third-order valence-electron chi connectivity index (χ3n) is 3.11. The van der Waals surface area contributed by atoms with Crippen LogP contribution in [0.3, 0.4) is 0 Å². The number of methoxy groups -OCH3 is 1. The molecule has 0 bridgehead atoms. The van der Waals surface area contributed by atoms with Crippen LogP contribution in [-0.4, -0.2) is 13.7 Å². The van der Waals surface area contributed by atoms with Gasteiger partial charge in [0.25, 0.3) is 0 Å². The molecule has 2 nitrogen and oxygen atoms in total. The summed E-state index contributed by atoms with van der Waals surface area (Å²) in [6, 6.07) is 8.21. The van der Waals surface area contributed by atoms with Crippen molar-refractivity contribution < 1.29 is 4.74 Å². The summed E-state index contributed by atoms with van der Waals surface area (Å²) in [6.45, 7) is 5.15. The standard InChI is InChI=1S/C13H21NO/c1-4-10(2)13(9-14)11-6-5-7-12(8-11)15-3/h5-8,10,13H,4,9,14H2,1-3H3. The zero-order valence-electron chi connectivity index (χ0n) is 9.86. The molecule has 0 amide bonds. The third kappa shape index (κ3) is 2.96. The Bertz CT molecular complexity index is 298. The van der Waals surface area contributed by atoms with Crippen LogP contribution in [0.1, 0.15) is 31.7 Å². The van der Waals surface area contributed by atoms with E-state index in [0.717, 1.165) is 12.2 Å². The van der Waals surface area contributed by atoms with Gasteiger partial charge in [-0.05, 0) is 36.1 Å². The van der Waals surface area contributed by atoms with E-state index in [1.54, 1.807) is 7.11 Å². The quantitative estimate of drug-likeness (QED) is 0.805. The average Bonchev–Trinajstić information content (AvgIpc) is 2.30. The Morgan fingerprint density at radius 2 is 2.13 bits per heavy atom. The van der Waals surface area contributed by atoms with Gasteiger partial charge in [-0.15, -0.1) is 0 Å². The molecule has 1 aromatic carbocycles. The Morgan fingerprint density at radius 3 is 2.67 bits per heavy atom. The Kier molecular flexibility index (Phi) is 4.63. The molecular weight excluding hydrogens is 186 g/mol. The van der Waals surface area contributed by atoms with Crippen LogP contribution in [-0.2, 0) is 0 Å². The molecule has 2 N–H and O–H groups in total. The Hall–Kier alpha value is -1.02. The fraction of sp³-hybridized carbons (Fsp3) is 0.538. The molecule has 0 fully saturated rings. The molecule has 2 heteroatoms. The van der Waals surface area contributed by atoms with E-state index in [4.69, 9.17) is 10.5 Å². The Morgan fingerprint density at radius 1 is 1.40 bits per heavy atom. The summed E-state index contributed by atoms with van der Waals surface area (Å²) in [4.78, 5) is 0. The van der Waals surface area contributed by atoms with Crippen molar-refractivity contribution in [1.82, 2.24) is 0 Å². The lowest BCUT2D eigenvalue weighted by molar-refractivity contribution is 0.410. The van der Waals surface area contributed by atoms with Gasteiger partial charge < -0.3 is 10.5 Å². The van der Waals surface area contributed by atoms with Gasteiger partial charge in [-0.3, -0.25) is 0 Å². The molecule has 0 spiro atoms. The van der Waals surface area contributed by atoms with Gasteiger partial charge in [-0.25, -0.2) is 0 Å². The summed E-state index contributed by atoms with van der Waals surface area (Å²) in [6.07, 6.45) is 1.15. The first kappa shape index (κ1) is 12.1. The van der Waals surface area contributed by atoms with Crippen LogP contribution >= 0.6 is 0 Å². The van der Waals surface area contributed by atoms with Crippen molar-refractivity contribution in [3.8, 4) is 5.75 Å². The zero-order chi connectivity index (χ0) is 11.3. The molecule has 2 atom stereocenters. The first-order valence-electron chi connectivity index (χ1n) is 5.56. The molecule has 1 aromatic rings. The van der Waals surface area contributed by atoms with Crippen LogP contribution in [0, 0.1) is 5.92 Å². The summed E-state index contributed by atoms with van der Waals surface area (Å²) in [5.74, 6) is 1.96. The fourth-order valence-electron chi connectivity index (χ4n) is 1.85. The van der Waals surface area contributed by atoms with Crippen molar-refractivity contribution in [3.63, 3.8) is 0 Å². The highest BCUT2D eigenvalue weighted by atomic mass is 16.5. The lowest BCUT2D eigenvalue weighted by Gasteiger charge is -2.22. The van der Waals surface area contributed by atoms with Crippen LogP contribution in [0.5, 0.6) is 5.75 Å². The van der Waals surface area contributed by atoms with E-state index in [2.05, 4.69) is 26.0 Å². The molecule has 0 heterocycles. The number of benzene rings is 1. The first-order chi connectivity index (χ1) is 7.22. The number of rotatable bonds is 5. The Balaban J connectivity index is 2.91.